The molecule has 4 heteroatoms. The van der Waals surface area contributed by atoms with Crippen LogP contribution in [0.25, 0.3) is 0 Å². The molecular weight excluding hydrogens is 228 g/mol. The largest absolute Gasteiger partial charge is 0.497 e. The van der Waals surface area contributed by atoms with E-state index >= 15 is 0 Å². The number of nitrogens with one attached hydrogen (secondary N) is 2. The van der Waals surface area contributed by atoms with Gasteiger partial charge in [-0.25, -0.2) is 0 Å². The number of carbonyl (C=O) groups is 1. The summed E-state index contributed by atoms with van der Waals surface area (Å²) < 4.78 is 5.09. The maximum atomic E-state index is 11.4. The average molecular weight is 250 g/mol. The SMILES string of the molecule is CNCCCC(=O)NCCc1ccc(OC)cc1. The number of ether oxygens (including phenoxy) is 1. The summed E-state index contributed by atoms with van der Waals surface area (Å²) >= 11 is 0. The predicted molar refractivity (Wildman–Crippen MR) is 72.9 cm³/mol. The Balaban J connectivity index is 2.18. The lowest BCUT2D eigenvalue weighted by atomic mass is 10.1. The van der Waals surface area contributed by atoms with Gasteiger partial charge in [-0.2, -0.15) is 0 Å². The molecule has 0 aliphatic heterocycles. The Hall–Kier alpha value is -1.55. The van der Waals surface area contributed by atoms with E-state index in [0.29, 0.717) is 13.0 Å². The Morgan fingerprint density at radius 2 is 1.94 bits per heavy atom. The van der Waals surface area contributed by atoms with Gasteiger partial charge in [0.05, 0.1) is 7.11 Å². The Kier molecular flexibility index (Phi) is 6.87. The van der Waals surface area contributed by atoms with Gasteiger partial charge in [0.1, 0.15) is 5.75 Å². The summed E-state index contributed by atoms with van der Waals surface area (Å²) in [4.78, 5) is 11.4. The van der Waals surface area contributed by atoms with Crippen LogP contribution >= 0.6 is 0 Å². The standard InChI is InChI=1S/C14H22N2O2/c1-15-10-3-4-14(17)16-11-9-12-5-7-13(18-2)8-6-12/h5-8,15H,3-4,9-11H2,1-2H3,(H,16,17). The highest BCUT2D eigenvalue weighted by Gasteiger charge is 2.00. The van der Waals surface area contributed by atoms with E-state index in [2.05, 4.69) is 10.6 Å². The molecule has 0 spiro atoms. The first-order chi connectivity index (χ1) is 8.76. The first-order valence-electron chi connectivity index (χ1n) is 6.30. The van der Waals surface area contributed by atoms with Gasteiger partial charge in [-0.1, -0.05) is 12.1 Å². The minimum atomic E-state index is 0.124. The van der Waals surface area contributed by atoms with Gasteiger partial charge in [0, 0.05) is 13.0 Å². The van der Waals surface area contributed by atoms with Crippen LogP contribution in [0.1, 0.15) is 18.4 Å². The number of rotatable bonds is 8. The van der Waals surface area contributed by atoms with E-state index in [-0.39, 0.29) is 5.91 Å². The van der Waals surface area contributed by atoms with Crippen molar-refractivity contribution in [3.05, 3.63) is 29.8 Å². The molecule has 0 aliphatic carbocycles. The number of benzene rings is 1. The van der Waals surface area contributed by atoms with Crippen molar-refractivity contribution >= 4 is 5.91 Å². The van der Waals surface area contributed by atoms with Gasteiger partial charge < -0.3 is 15.4 Å². The van der Waals surface area contributed by atoms with Gasteiger partial charge in [0.15, 0.2) is 0 Å². The molecule has 0 atom stereocenters. The second-order valence-electron chi connectivity index (χ2n) is 4.16. The van der Waals surface area contributed by atoms with Crippen molar-refractivity contribution in [1.82, 2.24) is 10.6 Å². The minimum absolute atomic E-state index is 0.124. The molecule has 1 rings (SSSR count). The smallest absolute Gasteiger partial charge is 0.220 e. The summed E-state index contributed by atoms with van der Waals surface area (Å²) in [7, 11) is 3.54. The van der Waals surface area contributed by atoms with Crippen molar-refractivity contribution in [2.45, 2.75) is 19.3 Å². The van der Waals surface area contributed by atoms with Gasteiger partial charge >= 0.3 is 0 Å². The minimum Gasteiger partial charge on any atom is -0.497 e. The van der Waals surface area contributed by atoms with Crippen molar-refractivity contribution in [2.75, 3.05) is 27.2 Å². The summed E-state index contributed by atoms with van der Waals surface area (Å²) in [6, 6.07) is 7.91. The van der Waals surface area contributed by atoms with Crippen LogP contribution in [0.15, 0.2) is 24.3 Å². The lowest BCUT2D eigenvalue weighted by Crippen LogP contribution is -2.26. The summed E-state index contributed by atoms with van der Waals surface area (Å²) in [6.45, 7) is 1.57. The molecule has 0 radical (unpaired) electrons. The molecule has 2 N–H and O–H groups in total. The fraction of sp³-hybridized carbons (Fsp3) is 0.500. The lowest BCUT2D eigenvalue weighted by molar-refractivity contribution is -0.121. The third-order valence-corrected chi connectivity index (χ3v) is 2.73. The molecule has 0 unspecified atom stereocenters. The predicted octanol–water partition coefficient (Wildman–Crippen LogP) is 1.35. The zero-order valence-electron chi connectivity index (χ0n) is 11.2. The molecule has 0 aromatic heterocycles. The molecule has 1 aromatic rings. The van der Waals surface area contributed by atoms with Crippen LogP contribution in [0.3, 0.4) is 0 Å². The Bertz CT molecular complexity index is 349. The third kappa shape index (κ3) is 5.68. The number of amides is 1. The second-order valence-corrected chi connectivity index (χ2v) is 4.16. The number of methoxy groups -OCH3 is 1. The highest BCUT2D eigenvalue weighted by atomic mass is 16.5. The van der Waals surface area contributed by atoms with E-state index in [4.69, 9.17) is 4.74 Å². The first kappa shape index (κ1) is 14.5. The number of hydrogen-bond donors (Lipinski definition) is 2. The van der Waals surface area contributed by atoms with Gasteiger partial charge in [-0.05, 0) is 44.1 Å². The fourth-order valence-corrected chi connectivity index (χ4v) is 1.65. The van der Waals surface area contributed by atoms with Crippen LogP contribution in [0, 0.1) is 0 Å². The summed E-state index contributed by atoms with van der Waals surface area (Å²) in [6.07, 6.45) is 2.32. The number of hydrogen-bond acceptors (Lipinski definition) is 3. The molecular formula is C14H22N2O2. The van der Waals surface area contributed by atoms with E-state index in [0.717, 1.165) is 25.1 Å². The normalized spacial score (nSPS) is 10.1. The van der Waals surface area contributed by atoms with Crippen molar-refractivity contribution < 1.29 is 9.53 Å². The molecule has 18 heavy (non-hydrogen) atoms. The highest BCUT2D eigenvalue weighted by Crippen LogP contribution is 2.11. The Labute approximate surface area is 109 Å². The highest BCUT2D eigenvalue weighted by molar-refractivity contribution is 5.75. The van der Waals surface area contributed by atoms with Gasteiger partial charge in [-0.3, -0.25) is 4.79 Å². The van der Waals surface area contributed by atoms with E-state index in [1.807, 2.05) is 31.3 Å². The molecule has 0 bridgehead atoms. The molecule has 1 amide bonds. The fourth-order valence-electron chi connectivity index (χ4n) is 1.65. The van der Waals surface area contributed by atoms with Crippen molar-refractivity contribution in [2.24, 2.45) is 0 Å². The molecule has 0 aliphatic rings. The molecule has 4 nitrogen and oxygen atoms in total. The molecule has 0 saturated carbocycles. The zero-order valence-corrected chi connectivity index (χ0v) is 11.2. The van der Waals surface area contributed by atoms with E-state index < -0.39 is 0 Å². The second kappa shape index (κ2) is 8.53. The van der Waals surface area contributed by atoms with Gasteiger partial charge in [0.2, 0.25) is 5.91 Å². The average Bonchev–Trinajstić information content (AvgIpc) is 2.40. The van der Waals surface area contributed by atoms with E-state index in [9.17, 15) is 4.79 Å². The quantitative estimate of drug-likeness (QED) is 0.685. The van der Waals surface area contributed by atoms with E-state index in [1.54, 1.807) is 7.11 Å². The van der Waals surface area contributed by atoms with Crippen LogP contribution in [0.5, 0.6) is 5.75 Å². The lowest BCUT2D eigenvalue weighted by Gasteiger charge is -2.06. The van der Waals surface area contributed by atoms with Crippen molar-refractivity contribution in [3.8, 4) is 5.75 Å². The van der Waals surface area contributed by atoms with Crippen LogP contribution in [0.2, 0.25) is 0 Å². The van der Waals surface area contributed by atoms with Gasteiger partial charge in [0.25, 0.3) is 0 Å². The monoisotopic (exact) mass is 250 g/mol. The van der Waals surface area contributed by atoms with Crippen molar-refractivity contribution in [1.29, 1.82) is 0 Å². The first-order valence-corrected chi connectivity index (χ1v) is 6.30. The Morgan fingerprint density at radius 1 is 1.22 bits per heavy atom. The van der Waals surface area contributed by atoms with Gasteiger partial charge in [-0.15, -0.1) is 0 Å². The molecule has 0 saturated heterocycles. The summed E-state index contributed by atoms with van der Waals surface area (Å²) in [5.41, 5.74) is 1.20. The molecule has 1 aromatic carbocycles. The summed E-state index contributed by atoms with van der Waals surface area (Å²) in [5.74, 6) is 0.980. The maximum Gasteiger partial charge on any atom is 0.220 e. The third-order valence-electron chi connectivity index (χ3n) is 2.73. The van der Waals surface area contributed by atoms with Crippen LogP contribution in [-0.4, -0.2) is 33.2 Å². The number of carbonyl (C=O) groups excluding carboxylic acids is 1. The molecule has 0 heterocycles. The molecule has 100 valence electrons. The van der Waals surface area contributed by atoms with E-state index in [1.165, 1.54) is 5.56 Å². The van der Waals surface area contributed by atoms with Crippen LogP contribution in [0.4, 0.5) is 0 Å². The van der Waals surface area contributed by atoms with Crippen LogP contribution < -0.4 is 15.4 Å². The van der Waals surface area contributed by atoms with Crippen molar-refractivity contribution in [3.63, 3.8) is 0 Å². The van der Waals surface area contributed by atoms with Crippen LogP contribution in [-0.2, 0) is 11.2 Å². The molecule has 0 fully saturated rings. The summed E-state index contributed by atoms with van der Waals surface area (Å²) in [5, 5.41) is 5.94. The maximum absolute atomic E-state index is 11.4. The Morgan fingerprint density at radius 3 is 2.56 bits per heavy atom. The topological polar surface area (TPSA) is 50.4 Å². The zero-order chi connectivity index (χ0) is 13.2.